The molecule has 158 valence electrons. The van der Waals surface area contributed by atoms with Crippen molar-refractivity contribution in [1.29, 1.82) is 0 Å². The van der Waals surface area contributed by atoms with Gasteiger partial charge >= 0.3 is 0 Å². The van der Waals surface area contributed by atoms with E-state index >= 15 is 0 Å². The number of ether oxygens (including phenoxy) is 1. The first kappa shape index (κ1) is 23.2. The van der Waals surface area contributed by atoms with E-state index in [1.807, 2.05) is 32.9 Å². The quantitative estimate of drug-likeness (QED) is 0.578. The number of hydrogen-bond acceptors (Lipinski definition) is 4. The molecule has 0 saturated heterocycles. The third kappa shape index (κ3) is 5.96. The molecule has 0 saturated carbocycles. The minimum atomic E-state index is -3.97. The molecule has 6 nitrogen and oxygen atoms in total. The number of nitrogens with zero attached hydrogens (tertiary/aromatic N) is 1. The molecule has 1 amide bonds. The zero-order valence-corrected chi connectivity index (χ0v) is 19.5. The van der Waals surface area contributed by atoms with Crippen LogP contribution in [0, 0.1) is 6.92 Å². The van der Waals surface area contributed by atoms with Gasteiger partial charge in [-0.2, -0.15) is 0 Å². The van der Waals surface area contributed by atoms with Crippen LogP contribution in [0.2, 0.25) is 0 Å². The summed E-state index contributed by atoms with van der Waals surface area (Å²) in [5.41, 5.74) is 1.43. The fourth-order valence-electron chi connectivity index (χ4n) is 2.92. The van der Waals surface area contributed by atoms with E-state index < -0.39 is 10.0 Å². The van der Waals surface area contributed by atoms with E-state index in [0.29, 0.717) is 15.9 Å². The van der Waals surface area contributed by atoms with Crippen molar-refractivity contribution in [2.75, 3.05) is 18.0 Å². The SMILES string of the molecule is CCC[C@H](C)NC(=O)CN(c1ccc(C)cc1)S(=O)(=O)c1ccc(OC)c(Br)c1. The van der Waals surface area contributed by atoms with Gasteiger partial charge in [-0.15, -0.1) is 0 Å². The normalized spacial score (nSPS) is 12.3. The van der Waals surface area contributed by atoms with Gasteiger partial charge in [-0.05, 0) is 66.5 Å². The van der Waals surface area contributed by atoms with Gasteiger partial charge in [0.1, 0.15) is 12.3 Å². The van der Waals surface area contributed by atoms with E-state index in [-0.39, 0.29) is 23.4 Å². The second kappa shape index (κ2) is 10.1. The Kier molecular flexibility index (Phi) is 8.10. The summed E-state index contributed by atoms with van der Waals surface area (Å²) in [6.07, 6.45) is 1.76. The maximum absolute atomic E-state index is 13.4. The lowest BCUT2D eigenvalue weighted by Gasteiger charge is -2.25. The first-order chi connectivity index (χ1) is 13.7. The molecule has 8 heteroatoms. The molecule has 0 aliphatic rings. The fraction of sp³-hybridized carbons (Fsp3) is 0.381. The van der Waals surface area contributed by atoms with Crippen molar-refractivity contribution in [2.24, 2.45) is 0 Å². The Hall–Kier alpha value is -2.06. The van der Waals surface area contributed by atoms with Crippen LogP contribution in [0.4, 0.5) is 5.69 Å². The zero-order chi connectivity index (χ0) is 21.6. The van der Waals surface area contributed by atoms with Gasteiger partial charge in [0.2, 0.25) is 5.91 Å². The second-order valence-corrected chi connectivity index (χ2v) is 9.62. The van der Waals surface area contributed by atoms with Gasteiger partial charge in [0, 0.05) is 6.04 Å². The monoisotopic (exact) mass is 482 g/mol. The molecule has 0 aliphatic heterocycles. The maximum atomic E-state index is 13.4. The molecule has 0 unspecified atom stereocenters. The highest BCUT2D eigenvalue weighted by Crippen LogP contribution is 2.30. The van der Waals surface area contributed by atoms with Crippen molar-refractivity contribution in [3.63, 3.8) is 0 Å². The van der Waals surface area contributed by atoms with Crippen LogP contribution in [-0.4, -0.2) is 34.0 Å². The van der Waals surface area contributed by atoms with E-state index in [1.54, 1.807) is 18.2 Å². The van der Waals surface area contributed by atoms with Crippen molar-refractivity contribution in [1.82, 2.24) is 5.32 Å². The molecule has 0 aromatic heterocycles. The summed E-state index contributed by atoms with van der Waals surface area (Å²) in [5.74, 6) is 0.180. The predicted octanol–water partition coefficient (Wildman–Crippen LogP) is 4.27. The van der Waals surface area contributed by atoms with E-state index in [0.717, 1.165) is 22.7 Å². The zero-order valence-electron chi connectivity index (χ0n) is 17.1. The van der Waals surface area contributed by atoms with E-state index in [4.69, 9.17) is 4.74 Å². The Morgan fingerprint density at radius 2 is 1.86 bits per heavy atom. The van der Waals surface area contributed by atoms with Gasteiger partial charge in [-0.3, -0.25) is 9.10 Å². The minimum Gasteiger partial charge on any atom is -0.496 e. The maximum Gasteiger partial charge on any atom is 0.264 e. The lowest BCUT2D eigenvalue weighted by atomic mass is 10.2. The lowest BCUT2D eigenvalue weighted by Crippen LogP contribution is -2.43. The Balaban J connectivity index is 2.41. The predicted molar refractivity (Wildman–Crippen MR) is 119 cm³/mol. The Labute approximate surface area is 181 Å². The Morgan fingerprint density at radius 1 is 1.21 bits per heavy atom. The average molecular weight is 483 g/mol. The molecule has 0 spiro atoms. The molecule has 0 aliphatic carbocycles. The third-order valence-corrected chi connectivity index (χ3v) is 6.84. The number of rotatable bonds is 9. The van der Waals surface area contributed by atoms with Crippen LogP contribution >= 0.6 is 15.9 Å². The molecule has 0 fully saturated rings. The first-order valence-corrected chi connectivity index (χ1v) is 11.6. The van der Waals surface area contributed by atoms with Crippen LogP contribution in [0.25, 0.3) is 0 Å². The number of nitrogens with one attached hydrogen (secondary N) is 1. The molecular weight excluding hydrogens is 456 g/mol. The molecular formula is C21H27BrN2O4S. The van der Waals surface area contributed by atoms with Gasteiger partial charge in [-0.25, -0.2) is 8.42 Å². The average Bonchev–Trinajstić information content (AvgIpc) is 2.67. The third-order valence-electron chi connectivity index (χ3n) is 4.45. The summed E-state index contributed by atoms with van der Waals surface area (Å²) < 4.78 is 33.6. The van der Waals surface area contributed by atoms with Gasteiger partial charge in [0.15, 0.2) is 0 Å². The number of benzene rings is 2. The van der Waals surface area contributed by atoms with Gasteiger partial charge in [-0.1, -0.05) is 31.0 Å². The highest BCUT2D eigenvalue weighted by Gasteiger charge is 2.28. The number of carbonyl (C=O) groups is 1. The smallest absolute Gasteiger partial charge is 0.264 e. The fourth-order valence-corrected chi connectivity index (χ4v) is 5.06. The highest BCUT2D eigenvalue weighted by molar-refractivity contribution is 9.10. The molecule has 2 rings (SSSR count). The van der Waals surface area contributed by atoms with E-state index in [1.165, 1.54) is 19.2 Å². The molecule has 2 aromatic carbocycles. The molecule has 1 atom stereocenters. The van der Waals surface area contributed by atoms with Gasteiger partial charge in [0.05, 0.1) is 22.2 Å². The number of methoxy groups -OCH3 is 1. The number of anilines is 1. The van der Waals surface area contributed by atoms with Crippen LogP contribution in [0.5, 0.6) is 5.75 Å². The van der Waals surface area contributed by atoms with Crippen molar-refractivity contribution in [3.05, 3.63) is 52.5 Å². The Bertz CT molecular complexity index is 946. The number of carbonyl (C=O) groups excluding carboxylic acids is 1. The van der Waals surface area contributed by atoms with Crippen molar-refractivity contribution in [3.8, 4) is 5.75 Å². The standard InChI is InChI=1S/C21H27BrN2O4S/c1-5-6-16(3)23-21(25)14-24(17-9-7-15(2)8-10-17)29(26,27)18-11-12-20(28-4)19(22)13-18/h7-13,16H,5-6,14H2,1-4H3,(H,23,25)/t16-/m0/s1. The number of hydrogen-bond donors (Lipinski definition) is 1. The number of amides is 1. The van der Waals surface area contributed by atoms with Crippen LogP contribution < -0.4 is 14.4 Å². The van der Waals surface area contributed by atoms with Crippen molar-refractivity contribution in [2.45, 2.75) is 44.6 Å². The van der Waals surface area contributed by atoms with Crippen LogP contribution in [0.3, 0.4) is 0 Å². The van der Waals surface area contributed by atoms with Crippen molar-refractivity contribution >= 4 is 37.5 Å². The second-order valence-electron chi connectivity index (χ2n) is 6.90. The first-order valence-electron chi connectivity index (χ1n) is 9.41. The lowest BCUT2D eigenvalue weighted by molar-refractivity contribution is -0.120. The molecule has 29 heavy (non-hydrogen) atoms. The Morgan fingerprint density at radius 3 is 2.41 bits per heavy atom. The highest BCUT2D eigenvalue weighted by atomic mass is 79.9. The number of halogens is 1. The summed E-state index contributed by atoms with van der Waals surface area (Å²) in [4.78, 5) is 12.6. The van der Waals surface area contributed by atoms with Crippen molar-refractivity contribution < 1.29 is 17.9 Å². The van der Waals surface area contributed by atoms with E-state index in [2.05, 4.69) is 21.2 Å². The summed E-state index contributed by atoms with van der Waals surface area (Å²) in [7, 11) is -2.46. The molecule has 2 aromatic rings. The molecule has 0 radical (unpaired) electrons. The summed E-state index contributed by atoms with van der Waals surface area (Å²) >= 11 is 3.33. The largest absolute Gasteiger partial charge is 0.496 e. The topological polar surface area (TPSA) is 75.7 Å². The van der Waals surface area contributed by atoms with Gasteiger partial charge < -0.3 is 10.1 Å². The minimum absolute atomic E-state index is 0.0230. The number of aryl methyl sites for hydroxylation is 1. The molecule has 0 heterocycles. The number of sulfonamides is 1. The van der Waals surface area contributed by atoms with Crippen LogP contribution in [0.1, 0.15) is 32.3 Å². The van der Waals surface area contributed by atoms with Crippen LogP contribution in [0.15, 0.2) is 51.8 Å². The summed E-state index contributed by atoms with van der Waals surface area (Å²) in [5, 5.41) is 2.87. The summed E-state index contributed by atoms with van der Waals surface area (Å²) in [6.45, 7) is 5.56. The summed E-state index contributed by atoms with van der Waals surface area (Å²) in [6, 6.07) is 11.5. The van der Waals surface area contributed by atoms with E-state index in [9.17, 15) is 13.2 Å². The molecule has 0 bridgehead atoms. The molecule has 1 N–H and O–H groups in total. The van der Waals surface area contributed by atoms with Crippen LogP contribution in [-0.2, 0) is 14.8 Å². The van der Waals surface area contributed by atoms with Gasteiger partial charge in [0.25, 0.3) is 10.0 Å².